The molecule has 0 bridgehead atoms. The molecule has 136 valence electrons. The van der Waals surface area contributed by atoms with Crippen molar-refractivity contribution in [1.82, 2.24) is 14.7 Å². The van der Waals surface area contributed by atoms with Crippen molar-refractivity contribution in [3.63, 3.8) is 0 Å². The van der Waals surface area contributed by atoms with Crippen molar-refractivity contribution in [1.29, 1.82) is 0 Å². The van der Waals surface area contributed by atoms with Crippen molar-refractivity contribution in [2.24, 2.45) is 10.7 Å². The highest BCUT2D eigenvalue weighted by Crippen LogP contribution is 2.31. The minimum atomic E-state index is 0. The summed E-state index contributed by atoms with van der Waals surface area (Å²) in [6, 6.07) is 12.0. The largest absolute Gasteiger partial charge is 0.493 e. The van der Waals surface area contributed by atoms with Crippen molar-refractivity contribution in [3.05, 3.63) is 64.5 Å². The van der Waals surface area contributed by atoms with Gasteiger partial charge in [-0.1, -0.05) is 18.2 Å². The van der Waals surface area contributed by atoms with Crippen molar-refractivity contribution < 1.29 is 4.74 Å². The summed E-state index contributed by atoms with van der Waals surface area (Å²) in [6.45, 7) is 1.10. The number of nitrogens with one attached hydrogen (secondary N) is 1. The summed E-state index contributed by atoms with van der Waals surface area (Å²) in [5.74, 6) is 1.32. The molecule has 0 amide bonds. The average molecular weight is 528 g/mol. The molecule has 0 saturated carbocycles. The average Bonchev–Trinajstić information content (AvgIpc) is 3.02. The fourth-order valence-corrected chi connectivity index (χ4v) is 3.33. The normalized spacial score (nSPS) is 16.5. The van der Waals surface area contributed by atoms with Crippen molar-refractivity contribution in [2.45, 2.75) is 19.0 Å². The Morgan fingerprint density at radius 1 is 1.31 bits per heavy atom. The van der Waals surface area contributed by atoms with E-state index in [1.807, 2.05) is 47.1 Å². The van der Waals surface area contributed by atoms with Crippen molar-refractivity contribution in [3.8, 4) is 5.75 Å². The van der Waals surface area contributed by atoms with E-state index in [0.717, 1.165) is 33.5 Å². The molecule has 1 aliphatic rings. The first kappa shape index (κ1) is 19.0. The number of nitrogens with two attached hydrogens (primary N) is 1. The van der Waals surface area contributed by atoms with Gasteiger partial charge in [0.15, 0.2) is 5.96 Å². The van der Waals surface area contributed by atoms with Gasteiger partial charge in [0, 0.05) is 28.9 Å². The van der Waals surface area contributed by atoms with E-state index in [4.69, 9.17) is 10.5 Å². The van der Waals surface area contributed by atoms with E-state index >= 15 is 0 Å². The Balaban J connectivity index is 0.00000196. The zero-order valence-electron chi connectivity index (χ0n) is 13.9. The molecule has 0 aliphatic carbocycles. The topological polar surface area (TPSA) is 76.9 Å². The van der Waals surface area contributed by atoms with Crippen LogP contribution in [0, 0.1) is 0 Å². The molecule has 26 heavy (non-hydrogen) atoms. The van der Waals surface area contributed by atoms with E-state index in [9.17, 15) is 0 Å². The highest BCUT2D eigenvalue weighted by Gasteiger charge is 2.21. The van der Waals surface area contributed by atoms with Gasteiger partial charge in [-0.25, -0.2) is 9.98 Å². The van der Waals surface area contributed by atoms with Gasteiger partial charge < -0.3 is 20.2 Å². The summed E-state index contributed by atoms with van der Waals surface area (Å²) in [5, 5.41) is 3.29. The number of ether oxygens (including phenoxy) is 1. The van der Waals surface area contributed by atoms with Crippen LogP contribution < -0.4 is 15.8 Å². The lowest BCUT2D eigenvalue weighted by Crippen LogP contribution is -2.37. The molecule has 6 nitrogen and oxygen atoms in total. The highest BCUT2D eigenvalue weighted by molar-refractivity contribution is 14.0. The van der Waals surface area contributed by atoms with Gasteiger partial charge in [-0.15, -0.1) is 24.0 Å². The fraction of sp³-hybridized carbons (Fsp3) is 0.222. The molecule has 8 heteroatoms. The van der Waals surface area contributed by atoms with E-state index < -0.39 is 0 Å². The number of benzene rings is 1. The van der Waals surface area contributed by atoms with Crippen LogP contribution in [0.5, 0.6) is 5.75 Å². The van der Waals surface area contributed by atoms with Crippen LogP contribution in [0.1, 0.15) is 23.7 Å². The van der Waals surface area contributed by atoms with Gasteiger partial charge >= 0.3 is 0 Å². The fourth-order valence-electron chi connectivity index (χ4n) is 2.98. The third kappa shape index (κ3) is 4.12. The number of aromatic nitrogens is 2. The molecular weight excluding hydrogens is 509 g/mol. The first-order valence-corrected chi connectivity index (χ1v) is 8.90. The lowest BCUT2D eigenvalue weighted by Gasteiger charge is -2.26. The molecule has 0 saturated heterocycles. The Labute approximate surface area is 177 Å². The number of nitrogens with zero attached hydrogens (tertiary/aromatic N) is 3. The van der Waals surface area contributed by atoms with Crippen LogP contribution in [0.4, 0.5) is 0 Å². The number of imidazole rings is 1. The third-order valence-electron chi connectivity index (χ3n) is 4.16. The molecular formula is C18H19BrIN5O. The summed E-state index contributed by atoms with van der Waals surface area (Å²) in [6.07, 6.45) is 4.78. The number of fused-ring (bicyclic) bond motifs is 2. The van der Waals surface area contributed by atoms with Crippen LogP contribution >= 0.6 is 39.9 Å². The summed E-state index contributed by atoms with van der Waals surface area (Å²) in [5.41, 5.74) is 8.96. The standard InChI is InChI=1S/C18H18BrN5O.HI/c19-12-5-6-17-22-13(11-24(17)10-12)9-21-18(20)23-15-7-8-25-16-4-2-1-3-14(15)16;/h1-6,10-11,15H,7-9H2,(H3,20,21,23);1H. The van der Waals surface area contributed by atoms with Gasteiger partial charge in [0.1, 0.15) is 11.4 Å². The Morgan fingerprint density at radius 2 is 2.15 bits per heavy atom. The maximum absolute atomic E-state index is 6.08. The Bertz CT molecular complexity index is 942. The minimum Gasteiger partial charge on any atom is -0.493 e. The van der Waals surface area contributed by atoms with Crippen molar-refractivity contribution in [2.75, 3.05) is 6.61 Å². The summed E-state index contributed by atoms with van der Waals surface area (Å²) in [7, 11) is 0. The maximum atomic E-state index is 6.08. The summed E-state index contributed by atoms with van der Waals surface area (Å²) < 4.78 is 8.64. The number of hydrogen-bond acceptors (Lipinski definition) is 3. The molecule has 4 rings (SSSR count). The first-order valence-electron chi connectivity index (χ1n) is 8.10. The molecule has 1 atom stereocenters. The van der Waals surface area contributed by atoms with Gasteiger partial charge in [0.2, 0.25) is 0 Å². The number of aliphatic imine (C=N–C) groups is 1. The summed E-state index contributed by atoms with van der Waals surface area (Å²) >= 11 is 3.46. The van der Waals surface area contributed by atoms with E-state index in [-0.39, 0.29) is 30.0 Å². The SMILES string of the molecule is I.NC(=NCc1cn2cc(Br)ccc2n1)NC1CCOc2ccccc21. The van der Waals surface area contributed by atoms with Crippen LogP contribution in [0.15, 0.2) is 58.3 Å². The summed E-state index contributed by atoms with van der Waals surface area (Å²) in [4.78, 5) is 8.97. The van der Waals surface area contributed by atoms with Gasteiger partial charge in [0.25, 0.3) is 0 Å². The Morgan fingerprint density at radius 3 is 3.04 bits per heavy atom. The number of para-hydroxylation sites is 1. The molecule has 0 radical (unpaired) electrons. The molecule has 2 aromatic heterocycles. The molecule has 0 fully saturated rings. The molecule has 1 unspecified atom stereocenters. The molecule has 0 spiro atoms. The second-order valence-electron chi connectivity index (χ2n) is 5.92. The molecule has 1 aliphatic heterocycles. The predicted octanol–water partition coefficient (Wildman–Crippen LogP) is 3.64. The van der Waals surface area contributed by atoms with Crippen LogP contribution in [0.3, 0.4) is 0 Å². The van der Waals surface area contributed by atoms with Gasteiger partial charge in [-0.05, 0) is 34.1 Å². The van der Waals surface area contributed by atoms with Crippen LogP contribution in [-0.2, 0) is 6.54 Å². The van der Waals surface area contributed by atoms with E-state index in [1.54, 1.807) is 0 Å². The minimum absolute atomic E-state index is 0. The van der Waals surface area contributed by atoms with Crippen LogP contribution in [0.2, 0.25) is 0 Å². The van der Waals surface area contributed by atoms with Crippen LogP contribution in [0.25, 0.3) is 5.65 Å². The van der Waals surface area contributed by atoms with E-state index in [0.29, 0.717) is 19.1 Å². The third-order valence-corrected chi connectivity index (χ3v) is 4.63. The zero-order valence-corrected chi connectivity index (χ0v) is 17.8. The monoisotopic (exact) mass is 527 g/mol. The van der Waals surface area contributed by atoms with Gasteiger partial charge in [0.05, 0.1) is 24.9 Å². The van der Waals surface area contributed by atoms with Crippen molar-refractivity contribution >= 4 is 51.5 Å². The number of guanidine groups is 1. The Hall–Kier alpha value is -1.81. The van der Waals surface area contributed by atoms with E-state index in [1.165, 1.54) is 0 Å². The first-order chi connectivity index (χ1) is 12.2. The lowest BCUT2D eigenvalue weighted by atomic mass is 10.0. The smallest absolute Gasteiger partial charge is 0.189 e. The van der Waals surface area contributed by atoms with E-state index in [2.05, 4.69) is 37.3 Å². The predicted molar refractivity (Wildman–Crippen MR) is 116 cm³/mol. The molecule has 3 heterocycles. The Kier molecular flexibility index (Phi) is 6.02. The number of hydrogen-bond donors (Lipinski definition) is 2. The van der Waals surface area contributed by atoms with Gasteiger partial charge in [-0.2, -0.15) is 0 Å². The second kappa shape index (κ2) is 8.26. The quantitative estimate of drug-likeness (QED) is 0.310. The number of halogens is 2. The highest BCUT2D eigenvalue weighted by atomic mass is 127. The molecule has 3 aromatic rings. The zero-order chi connectivity index (χ0) is 17.2. The maximum Gasteiger partial charge on any atom is 0.189 e. The lowest BCUT2D eigenvalue weighted by molar-refractivity contribution is 0.262. The second-order valence-corrected chi connectivity index (χ2v) is 6.83. The molecule has 1 aromatic carbocycles. The molecule has 3 N–H and O–H groups in total. The van der Waals surface area contributed by atoms with Gasteiger partial charge in [-0.3, -0.25) is 0 Å². The number of rotatable bonds is 3. The number of pyridine rings is 1. The van der Waals surface area contributed by atoms with Crippen LogP contribution in [-0.4, -0.2) is 22.0 Å².